The molecule has 0 aromatic carbocycles. The molecule has 0 N–H and O–H groups in total. The minimum atomic E-state index is 0.491. The minimum absolute atomic E-state index is 0.491. The summed E-state index contributed by atoms with van der Waals surface area (Å²) >= 11 is 7.27. The Kier molecular flexibility index (Phi) is 4.40. The lowest BCUT2D eigenvalue weighted by Gasteiger charge is -2.05. The SMILES string of the molecule is CC(CCCl)Sc1ncccn1. The quantitative estimate of drug-likeness (QED) is 0.427. The van der Waals surface area contributed by atoms with Crippen molar-refractivity contribution in [2.75, 3.05) is 5.88 Å². The Bertz CT molecular complexity index is 218. The molecule has 1 rings (SSSR count). The van der Waals surface area contributed by atoms with Gasteiger partial charge in [0.1, 0.15) is 0 Å². The summed E-state index contributed by atoms with van der Waals surface area (Å²) in [5.41, 5.74) is 0. The molecule has 66 valence electrons. The molecule has 0 saturated carbocycles. The fraction of sp³-hybridized carbons (Fsp3) is 0.500. The van der Waals surface area contributed by atoms with Crippen LogP contribution in [0.2, 0.25) is 0 Å². The highest BCUT2D eigenvalue weighted by Crippen LogP contribution is 2.20. The molecule has 0 aliphatic heterocycles. The predicted molar refractivity (Wildman–Crippen MR) is 52.7 cm³/mol. The number of rotatable bonds is 4. The summed E-state index contributed by atoms with van der Waals surface area (Å²) in [5, 5.41) is 1.32. The van der Waals surface area contributed by atoms with Crippen LogP contribution in [-0.2, 0) is 0 Å². The van der Waals surface area contributed by atoms with Crippen LogP contribution >= 0.6 is 23.4 Å². The van der Waals surface area contributed by atoms with Gasteiger partial charge in [0.2, 0.25) is 0 Å². The molecule has 12 heavy (non-hydrogen) atoms. The molecular formula is C8H11ClN2S. The number of halogens is 1. The Labute approximate surface area is 81.8 Å². The van der Waals surface area contributed by atoms with Crippen molar-refractivity contribution in [1.82, 2.24) is 9.97 Å². The van der Waals surface area contributed by atoms with Crippen LogP contribution in [0.15, 0.2) is 23.6 Å². The number of alkyl halides is 1. The van der Waals surface area contributed by atoms with Crippen LogP contribution in [0.4, 0.5) is 0 Å². The number of nitrogens with zero attached hydrogens (tertiary/aromatic N) is 2. The Morgan fingerprint density at radius 1 is 1.50 bits per heavy atom. The lowest BCUT2D eigenvalue weighted by molar-refractivity contribution is 0.889. The van der Waals surface area contributed by atoms with Gasteiger partial charge in [0.15, 0.2) is 5.16 Å². The third-order valence-electron chi connectivity index (χ3n) is 1.36. The van der Waals surface area contributed by atoms with Crippen LogP contribution in [0, 0.1) is 0 Å². The van der Waals surface area contributed by atoms with Crippen molar-refractivity contribution < 1.29 is 0 Å². The van der Waals surface area contributed by atoms with Gasteiger partial charge in [-0.1, -0.05) is 18.7 Å². The van der Waals surface area contributed by atoms with E-state index in [1.54, 1.807) is 24.2 Å². The lowest BCUT2D eigenvalue weighted by Crippen LogP contribution is -1.98. The Morgan fingerprint density at radius 3 is 2.75 bits per heavy atom. The summed E-state index contributed by atoms with van der Waals surface area (Å²) in [4.78, 5) is 8.22. The highest BCUT2D eigenvalue weighted by molar-refractivity contribution is 7.99. The first kappa shape index (κ1) is 9.81. The van der Waals surface area contributed by atoms with Gasteiger partial charge in [0, 0.05) is 23.5 Å². The van der Waals surface area contributed by atoms with Gasteiger partial charge < -0.3 is 0 Å². The van der Waals surface area contributed by atoms with Crippen molar-refractivity contribution in [2.45, 2.75) is 23.8 Å². The van der Waals surface area contributed by atoms with Crippen LogP contribution < -0.4 is 0 Å². The van der Waals surface area contributed by atoms with Crippen LogP contribution in [0.3, 0.4) is 0 Å². The molecule has 0 spiro atoms. The van der Waals surface area contributed by atoms with E-state index >= 15 is 0 Å². The fourth-order valence-electron chi connectivity index (χ4n) is 0.739. The summed E-state index contributed by atoms with van der Waals surface area (Å²) in [5.74, 6) is 0.695. The second-order valence-electron chi connectivity index (χ2n) is 2.44. The van der Waals surface area contributed by atoms with E-state index in [-0.39, 0.29) is 0 Å². The highest BCUT2D eigenvalue weighted by atomic mass is 35.5. The molecule has 1 heterocycles. The number of thioether (sulfide) groups is 1. The van der Waals surface area contributed by atoms with Crippen molar-refractivity contribution in [1.29, 1.82) is 0 Å². The zero-order chi connectivity index (χ0) is 8.81. The van der Waals surface area contributed by atoms with Crippen molar-refractivity contribution in [3.63, 3.8) is 0 Å². The van der Waals surface area contributed by atoms with Crippen molar-refractivity contribution in [3.8, 4) is 0 Å². The van der Waals surface area contributed by atoms with E-state index in [0.29, 0.717) is 11.1 Å². The second-order valence-corrected chi connectivity index (χ2v) is 4.22. The van der Waals surface area contributed by atoms with E-state index in [0.717, 1.165) is 11.6 Å². The monoisotopic (exact) mass is 202 g/mol. The van der Waals surface area contributed by atoms with E-state index in [9.17, 15) is 0 Å². The van der Waals surface area contributed by atoms with Gasteiger partial charge in [-0.3, -0.25) is 0 Å². The summed E-state index contributed by atoms with van der Waals surface area (Å²) in [6.07, 6.45) is 4.50. The largest absolute Gasteiger partial charge is 0.231 e. The molecule has 0 fully saturated rings. The summed E-state index contributed by atoms with van der Waals surface area (Å²) in [6, 6.07) is 1.82. The first-order chi connectivity index (χ1) is 5.83. The van der Waals surface area contributed by atoms with Gasteiger partial charge in [0.05, 0.1) is 0 Å². The molecule has 0 amide bonds. The molecule has 1 aromatic heterocycles. The topological polar surface area (TPSA) is 25.8 Å². The molecule has 0 aliphatic carbocycles. The van der Waals surface area contributed by atoms with Gasteiger partial charge in [-0.15, -0.1) is 11.6 Å². The molecule has 4 heteroatoms. The van der Waals surface area contributed by atoms with E-state index < -0.39 is 0 Å². The maximum absolute atomic E-state index is 5.61. The first-order valence-electron chi connectivity index (χ1n) is 3.82. The number of hydrogen-bond donors (Lipinski definition) is 0. The van der Waals surface area contributed by atoms with E-state index in [4.69, 9.17) is 11.6 Å². The fourth-order valence-corrected chi connectivity index (χ4v) is 2.03. The molecule has 0 saturated heterocycles. The molecule has 0 aliphatic rings. The molecular weight excluding hydrogens is 192 g/mol. The summed E-state index contributed by atoms with van der Waals surface area (Å²) in [7, 11) is 0. The van der Waals surface area contributed by atoms with Gasteiger partial charge in [-0.25, -0.2) is 9.97 Å². The van der Waals surface area contributed by atoms with Gasteiger partial charge in [-0.2, -0.15) is 0 Å². The Hall–Kier alpha value is -0.280. The van der Waals surface area contributed by atoms with E-state index in [1.807, 2.05) is 6.07 Å². The molecule has 0 radical (unpaired) electrons. The lowest BCUT2D eigenvalue weighted by atomic mass is 10.4. The van der Waals surface area contributed by atoms with Crippen molar-refractivity contribution in [2.24, 2.45) is 0 Å². The van der Waals surface area contributed by atoms with Crippen LogP contribution in [0.25, 0.3) is 0 Å². The van der Waals surface area contributed by atoms with Gasteiger partial charge in [0.25, 0.3) is 0 Å². The molecule has 1 aromatic rings. The Morgan fingerprint density at radius 2 is 2.17 bits per heavy atom. The van der Waals surface area contributed by atoms with Gasteiger partial charge >= 0.3 is 0 Å². The normalized spacial score (nSPS) is 12.8. The summed E-state index contributed by atoms with van der Waals surface area (Å²) < 4.78 is 0. The van der Waals surface area contributed by atoms with Gasteiger partial charge in [-0.05, 0) is 12.5 Å². The minimum Gasteiger partial charge on any atom is -0.231 e. The van der Waals surface area contributed by atoms with Crippen LogP contribution in [-0.4, -0.2) is 21.1 Å². The molecule has 1 unspecified atom stereocenters. The molecule has 2 nitrogen and oxygen atoms in total. The average Bonchev–Trinajstić information content (AvgIpc) is 2.06. The maximum atomic E-state index is 5.61. The smallest absolute Gasteiger partial charge is 0.187 e. The average molecular weight is 203 g/mol. The summed E-state index contributed by atoms with van der Waals surface area (Å²) in [6.45, 7) is 2.13. The standard InChI is InChI=1S/C8H11ClN2S/c1-7(3-4-9)12-8-10-5-2-6-11-8/h2,5-7H,3-4H2,1H3. The number of hydrogen-bond acceptors (Lipinski definition) is 3. The van der Waals surface area contributed by atoms with Crippen molar-refractivity contribution >= 4 is 23.4 Å². The zero-order valence-corrected chi connectivity index (χ0v) is 8.48. The Balaban J connectivity index is 2.41. The second kappa shape index (κ2) is 5.38. The molecule has 0 bridgehead atoms. The van der Waals surface area contributed by atoms with E-state index in [2.05, 4.69) is 16.9 Å². The number of aromatic nitrogens is 2. The predicted octanol–water partition coefficient (Wildman–Crippen LogP) is 2.59. The third kappa shape index (κ3) is 3.41. The zero-order valence-electron chi connectivity index (χ0n) is 6.90. The first-order valence-corrected chi connectivity index (χ1v) is 5.24. The van der Waals surface area contributed by atoms with E-state index in [1.165, 1.54) is 0 Å². The maximum Gasteiger partial charge on any atom is 0.187 e. The van der Waals surface area contributed by atoms with Crippen LogP contribution in [0.5, 0.6) is 0 Å². The highest BCUT2D eigenvalue weighted by Gasteiger charge is 2.04. The van der Waals surface area contributed by atoms with Crippen molar-refractivity contribution in [3.05, 3.63) is 18.5 Å². The van der Waals surface area contributed by atoms with Crippen LogP contribution in [0.1, 0.15) is 13.3 Å². The molecule has 1 atom stereocenters. The third-order valence-corrected chi connectivity index (χ3v) is 2.64.